The van der Waals surface area contributed by atoms with Crippen LogP contribution in [-0.4, -0.2) is 11.2 Å². The molecule has 0 radical (unpaired) electrons. The second-order valence-corrected chi connectivity index (χ2v) is 4.82. The van der Waals surface area contributed by atoms with Crippen LogP contribution in [0.25, 0.3) is 0 Å². The van der Waals surface area contributed by atoms with E-state index in [1.54, 1.807) is 0 Å². The Morgan fingerprint density at radius 2 is 1.92 bits per heavy atom. The molecule has 1 rings (SSSR count). The van der Waals surface area contributed by atoms with Gasteiger partial charge in [-0.25, -0.2) is 0 Å². The first-order valence-corrected chi connectivity index (χ1v) is 5.34. The molecule has 0 heterocycles. The summed E-state index contributed by atoms with van der Waals surface area (Å²) >= 11 is 0. The van der Waals surface area contributed by atoms with Gasteiger partial charge in [-0.1, -0.05) is 39.8 Å². The first-order valence-electron chi connectivity index (χ1n) is 5.34. The Morgan fingerprint density at radius 3 is 2.31 bits per heavy atom. The lowest BCUT2D eigenvalue weighted by molar-refractivity contribution is 0.137. The number of hydrogen-bond acceptors (Lipinski definition) is 1. The van der Waals surface area contributed by atoms with Gasteiger partial charge in [0.1, 0.15) is 0 Å². The van der Waals surface area contributed by atoms with Crippen molar-refractivity contribution in [2.75, 3.05) is 0 Å². The van der Waals surface area contributed by atoms with Gasteiger partial charge in [0.25, 0.3) is 0 Å². The summed E-state index contributed by atoms with van der Waals surface area (Å²) in [6.45, 7) is 8.84. The number of hydrogen-bond donors (Lipinski definition) is 1. The molecule has 0 aromatic carbocycles. The molecule has 13 heavy (non-hydrogen) atoms. The van der Waals surface area contributed by atoms with Crippen LogP contribution in [0.4, 0.5) is 0 Å². The van der Waals surface area contributed by atoms with E-state index in [1.807, 2.05) is 0 Å². The zero-order valence-corrected chi connectivity index (χ0v) is 9.25. The normalized spacial score (nSPS) is 33.6. The van der Waals surface area contributed by atoms with Gasteiger partial charge in [0, 0.05) is 0 Å². The summed E-state index contributed by atoms with van der Waals surface area (Å²) in [5.41, 5.74) is 0.361. The number of aliphatic hydroxyl groups excluding tert-OH is 1. The predicted octanol–water partition coefficient (Wildman–Crippen LogP) is 3.00. The van der Waals surface area contributed by atoms with E-state index in [2.05, 4.69) is 39.8 Å². The zero-order valence-electron chi connectivity index (χ0n) is 9.25. The first-order chi connectivity index (χ1) is 6.01. The van der Waals surface area contributed by atoms with Crippen LogP contribution < -0.4 is 0 Å². The summed E-state index contributed by atoms with van der Waals surface area (Å²) < 4.78 is 0. The summed E-state index contributed by atoms with van der Waals surface area (Å²) in [6.07, 6.45) is 5.99. The summed E-state index contributed by atoms with van der Waals surface area (Å²) in [4.78, 5) is 0. The molecule has 0 saturated heterocycles. The van der Waals surface area contributed by atoms with Gasteiger partial charge >= 0.3 is 0 Å². The molecule has 1 aliphatic carbocycles. The average molecular weight is 182 g/mol. The molecule has 0 aliphatic heterocycles. The SMILES string of the molecule is CCC=CC[C@H](O)[C@H]1C(C)C1(C)C. The van der Waals surface area contributed by atoms with E-state index >= 15 is 0 Å². The van der Waals surface area contributed by atoms with Gasteiger partial charge in [0.2, 0.25) is 0 Å². The van der Waals surface area contributed by atoms with Crippen LogP contribution in [0.2, 0.25) is 0 Å². The Kier molecular flexibility index (Phi) is 3.18. The monoisotopic (exact) mass is 182 g/mol. The molecule has 1 nitrogen and oxygen atoms in total. The van der Waals surface area contributed by atoms with Crippen molar-refractivity contribution in [3.8, 4) is 0 Å². The van der Waals surface area contributed by atoms with Crippen LogP contribution in [0.5, 0.6) is 0 Å². The Hall–Kier alpha value is -0.300. The van der Waals surface area contributed by atoms with Crippen molar-refractivity contribution in [2.24, 2.45) is 17.3 Å². The number of aliphatic hydroxyl groups is 1. The van der Waals surface area contributed by atoms with Crippen molar-refractivity contribution in [1.82, 2.24) is 0 Å². The lowest BCUT2D eigenvalue weighted by Crippen LogP contribution is -2.11. The molecule has 0 spiro atoms. The summed E-state index contributed by atoms with van der Waals surface area (Å²) in [7, 11) is 0. The van der Waals surface area contributed by atoms with Crippen molar-refractivity contribution in [1.29, 1.82) is 0 Å². The molecule has 1 heteroatoms. The van der Waals surface area contributed by atoms with Crippen molar-refractivity contribution in [3.05, 3.63) is 12.2 Å². The Morgan fingerprint density at radius 1 is 1.38 bits per heavy atom. The molecule has 1 fully saturated rings. The van der Waals surface area contributed by atoms with E-state index in [1.165, 1.54) is 0 Å². The van der Waals surface area contributed by atoms with Gasteiger partial charge in [-0.15, -0.1) is 0 Å². The Balaban J connectivity index is 2.34. The van der Waals surface area contributed by atoms with Gasteiger partial charge in [-0.2, -0.15) is 0 Å². The predicted molar refractivity (Wildman–Crippen MR) is 56.5 cm³/mol. The summed E-state index contributed by atoms with van der Waals surface area (Å²) in [5, 5.41) is 9.87. The smallest absolute Gasteiger partial charge is 0.0610 e. The minimum atomic E-state index is -0.132. The van der Waals surface area contributed by atoms with E-state index in [0.717, 1.165) is 12.8 Å². The third-order valence-electron chi connectivity index (χ3n) is 3.66. The van der Waals surface area contributed by atoms with E-state index in [9.17, 15) is 5.11 Å². The molecular formula is C12H22O. The molecule has 0 bridgehead atoms. The maximum atomic E-state index is 9.87. The molecule has 3 atom stereocenters. The van der Waals surface area contributed by atoms with Crippen molar-refractivity contribution in [2.45, 2.75) is 46.6 Å². The van der Waals surface area contributed by atoms with Crippen molar-refractivity contribution >= 4 is 0 Å². The van der Waals surface area contributed by atoms with E-state index < -0.39 is 0 Å². The second kappa shape index (κ2) is 3.83. The third-order valence-corrected chi connectivity index (χ3v) is 3.66. The minimum Gasteiger partial charge on any atom is -0.392 e. The first kappa shape index (κ1) is 10.8. The van der Waals surface area contributed by atoms with Gasteiger partial charge < -0.3 is 5.11 Å². The molecule has 0 aromatic rings. The summed E-state index contributed by atoms with van der Waals surface area (Å²) in [5.74, 6) is 1.19. The quantitative estimate of drug-likeness (QED) is 0.663. The van der Waals surface area contributed by atoms with Crippen LogP contribution in [0, 0.1) is 17.3 Å². The number of allylic oxidation sites excluding steroid dienone is 1. The highest BCUT2D eigenvalue weighted by Crippen LogP contribution is 2.59. The highest BCUT2D eigenvalue weighted by Gasteiger charge is 2.57. The lowest BCUT2D eigenvalue weighted by Gasteiger charge is -2.09. The molecule has 76 valence electrons. The van der Waals surface area contributed by atoms with Crippen LogP contribution in [0.3, 0.4) is 0 Å². The molecule has 1 aliphatic rings. The van der Waals surface area contributed by atoms with E-state index in [0.29, 0.717) is 17.3 Å². The molecule has 1 saturated carbocycles. The van der Waals surface area contributed by atoms with Crippen molar-refractivity contribution in [3.63, 3.8) is 0 Å². The fourth-order valence-corrected chi connectivity index (χ4v) is 2.32. The maximum Gasteiger partial charge on any atom is 0.0610 e. The standard InChI is InChI=1S/C12H22O/c1-5-6-7-8-10(13)11-9(2)12(11,3)4/h6-7,9-11,13H,5,8H2,1-4H3/t9?,10-,11+/m0/s1. The molecule has 1 N–H and O–H groups in total. The van der Waals surface area contributed by atoms with Crippen LogP contribution >= 0.6 is 0 Å². The molecule has 0 aromatic heterocycles. The fourth-order valence-electron chi connectivity index (χ4n) is 2.32. The van der Waals surface area contributed by atoms with Gasteiger partial charge in [0.15, 0.2) is 0 Å². The largest absolute Gasteiger partial charge is 0.392 e. The Labute approximate surface area is 81.9 Å². The van der Waals surface area contributed by atoms with Crippen LogP contribution in [0.15, 0.2) is 12.2 Å². The Bertz CT molecular complexity index is 193. The second-order valence-electron chi connectivity index (χ2n) is 4.82. The lowest BCUT2D eigenvalue weighted by atomic mass is 10.0. The molecule has 1 unspecified atom stereocenters. The molecular weight excluding hydrogens is 160 g/mol. The van der Waals surface area contributed by atoms with E-state index in [-0.39, 0.29) is 6.10 Å². The average Bonchev–Trinajstić information content (AvgIpc) is 2.52. The van der Waals surface area contributed by atoms with Crippen LogP contribution in [0.1, 0.15) is 40.5 Å². The topological polar surface area (TPSA) is 20.2 Å². The summed E-state index contributed by atoms with van der Waals surface area (Å²) in [6, 6.07) is 0. The van der Waals surface area contributed by atoms with Gasteiger partial charge in [-0.3, -0.25) is 0 Å². The third kappa shape index (κ3) is 2.14. The highest BCUT2D eigenvalue weighted by molar-refractivity contribution is 5.06. The highest BCUT2D eigenvalue weighted by atomic mass is 16.3. The van der Waals surface area contributed by atoms with Gasteiger partial charge in [-0.05, 0) is 30.1 Å². The van der Waals surface area contributed by atoms with Crippen LogP contribution in [-0.2, 0) is 0 Å². The minimum absolute atomic E-state index is 0.132. The fraction of sp³-hybridized carbons (Fsp3) is 0.833. The zero-order chi connectivity index (χ0) is 10.1. The van der Waals surface area contributed by atoms with Gasteiger partial charge in [0.05, 0.1) is 6.10 Å². The number of rotatable bonds is 4. The maximum absolute atomic E-state index is 9.87. The van der Waals surface area contributed by atoms with Crippen molar-refractivity contribution < 1.29 is 5.11 Å². The molecule has 0 amide bonds. The van der Waals surface area contributed by atoms with E-state index in [4.69, 9.17) is 0 Å².